The van der Waals surface area contributed by atoms with Gasteiger partial charge >= 0.3 is 0 Å². The Morgan fingerprint density at radius 3 is 2.93 bits per heavy atom. The van der Waals surface area contributed by atoms with Crippen molar-refractivity contribution in [3.05, 3.63) is 60.1 Å². The Balaban J connectivity index is 1.45. The van der Waals surface area contributed by atoms with Crippen molar-refractivity contribution in [3.63, 3.8) is 0 Å². The molecule has 0 saturated heterocycles. The molecule has 0 saturated carbocycles. The third kappa shape index (κ3) is 2.48. The Kier molecular flexibility index (Phi) is 3.30. The van der Waals surface area contributed by atoms with Crippen molar-refractivity contribution in [2.45, 2.75) is 0 Å². The summed E-state index contributed by atoms with van der Waals surface area (Å²) in [5.41, 5.74) is 3.90. The van der Waals surface area contributed by atoms with Gasteiger partial charge in [0.05, 0.1) is 10.2 Å². The van der Waals surface area contributed by atoms with Crippen LogP contribution in [-0.4, -0.2) is 21.7 Å². The quantitative estimate of drug-likeness (QED) is 0.439. The van der Waals surface area contributed by atoms with E-state index in [1.807, 2.05) is 41.9 Å². The van der Waals surface area contributed by atoms with Crippen molar-refractivity contribution in [1.29, 1.82) is 0 Å². The maximum atomic E-state index is 5.50. The van der Waals surface area contributed by atoms with Crippen LogP contribution in [0.1, 0.15) is 0 Å². The number of thiophene rings is 1. The van der Waals surface area contributed by atoms with Gasteiger partial charge in [-0.3, -0.25) is 0 Å². The van der Waals surface area contributed by atoms with Gasteiger partial charge in [0.25, 0.3) is 0 Å². The van der Waals surface area contributed by atoms with Crippen molar-refractivity contribution in [2.24, 2.45) is 0 Å². The first-order valence-corrected chi connectivity index (χ1v) is 9.71. The second-order valence-electron chi connectivity index (χ2n) is 6.50. The van der Waals surface area contributed by atoms with Crippen LogP contribution in [0.4, 0.5) is 11.5 Å². The average Bonchev–Trinajstić information content (AvgIpc) is 3.46. The zero-order valence-electron chi connectivity index (χ0n) is 14.6. The highest BCUT2D eigenvalue weighted by atomic mass is 32.1. The summed E-state index contributed by atoms with van der Waals surface area (Å²) in [5, 5.41) is 6.65. The van der Waals surface area contributed by atoms with E-state index in [9.17, 15) is 0 Å². The van der Waals surface area contributed by atoms with Crippen molar-refractivity contribution in [2.75, 3.05) is 12.1 Å². The van der Waals surface area contributed by atoms with Gasteiger partial charge in [0.2, 0.25) is 6.79 Å². The molecule has 6 rings (SSSR count). The molecule has 2 N–H and O–H groups in total. The topological polar surface area (TPSA) is 72.1 Å². The van der Waals surface area contributed by atoms with Crippen LogP contribution in [0.3, 0.4) is 0 Å². The van der Waals surface area contributed by atoms with E-state index in [0.717, 1.165) is 49.7 Å². The lowest BCUT2D eigenvalue weighted by atomic mass is 10.2. The predicted octanol–water partition coefficient (Wildman–Crippen LogP) is 5.31. The largest absolute Gasteiger partial charge is 0.454 e. The minimum Gasteiger partial charge on any atom is -0.454 e. The van der Waals surface area contributed by atoms with Gasteiger partial charge in [0.1, 0.15) is 0 Å². The summed E-state index contributed by atoms with van der Waals surface area (Å²) in [4.78, 5) is 12.8. The first-order chi connectivity index (χ1) is 13.8. The lowest BCUT2D eigenvalue weighted by molar-refractivity contribution is 0.174. The number of ether oxygens (including phenoxy) is 2. The fourth-order valence-electron chi connectivity index (χ4n) is 3.38. The first kappa shape index (κ1) is 15.5. The van der Waals surface area contributed by atoms with Crippen LogP contribution in [-0.2, 0) is 0 Å². The SMILES string of the molecule is c1cc2cc(Nc3nc(-c4ccc5c(c4)OCO5)nc4ccsc34)ccc2[nH]1. The fraction of sp³-hybridized carbons (Fsp3) is 0.0476. The van der Waals surface area contributed by atoms with Crippen LogP contribution < -0.4 is 14.8 Å². The highest BCUT2D eigenvalue weighted by Gasteiger charge is 2.17. The van der Waals surface area contributed by atoms with E-state index in [0.29, 0.717) is 5.82 Å². The summed E-state index contributed by atoms with van der Waals surface area (Å²) < 4.78 is 11.9. The first-order valence-electron chi connectivity index (χ1n) is 8.83. The number of nitrogens with zero attached hydrogens (tertiary/aromatic N) is 2. The molecule has 0 amide bonds. The van der Waals surface area contributed by atoms with Gasteiger partial charge in [-0.25, -0.2) is 9.97 Å². The van der Waals surface area contributed by atoms with E-state index in [1.54, 1.807) is 11.3 Å². The van der Waals surface area contributed by atoms with E-state index in [4.69, 9.17) is 19.4 Å². The molecule has 7 heteroatoms. The number of rotatable bonds is 3. The number of aromatic nitrogens is 3. The molecule has 28 heavy (non-hydrogen) atoms. The third-order valence-corrected chi connectivity index (χ3v) is 5.66. The van der Waals surface area contributed by atoms with Crippen LogP contribution in [0.5, 0.6) is 11.5 Å². The van der Waals surface area contributed by atoms with Gasteiger partial charge in [-0.2, -0.15) is 0 Å². The van der Waals surface area contributed by atoms with Gasteiger partial charge < -0.3 is 19.8 Å². The van der Waals surface area contributed by atoms with E-state index in [2.05, 4.69) is 28.5 Å². The normalized spacial score (nSPS) is 12.7. The maximum Gasteiger partial charge on any atom is 0.231 e. The highest BCUT2D eigenvalue weighted by Crippen LogP contribution is 2.37. The molecule has 5 aromatic rings. The fourth-order valence-corrected chi connectivity index (χ4v) is 4.16. The minimum atomic E-state index is 0.248. The van der Waals surface area contributed by atoms with Gasteiger partial charge in [0, 0.05) is 28.4 Å². The standard InChI is InChI=1S/C21H14N4O2S/c1-4-17-18(27-11-26-17)10-13(1)20-24-16-6-8-28-19(16)21(25-20)23-14-2-3-15-12(9-14)5-7-22-15/h1-10,22H,11H2,(H,23,24,25). The van der Waals surface area contributed by atoms with E-state index >= 15 is 0 Å². The number of H-pyrrole nitrogens is 1. The van der Waals surface area contributed by atoms with Gasteiger partial charge in [-0.1, -0.05) is 0 Å². The van der Waals surface area contributed by atoms with Crippen molar-refractivity contribution in [1.82, 2.24) is 15.0 Å². The molecule has 0 unspecified atom stereocenters. The summed E-state index contributed by atoms with van der Waals surface area (Å²) in [7, 11) is 0. The highest BCUT2D eigenvalue weighted by molar-refractivity contribution is 7.17. The predicted molar refractivity (Wildman–Crippen MR) is 111 cm³/mol. The smallest absolute Gasteiger partial charge is 0.231 e. The Labute approximate surface area is 163 Å². The number of fused-ring (bicyclic) bond motifs is 3. The Morgan fingerprint density at radius 2 is 1.93 bits per heavy atom. The minimum absolute atomic E-state index is 0.248. The maximum absolute atomic E-state index is 5.50. The number of nitrogens with one attached hydrogen (secondary N) is 2. The molecule has 0 atom stereocenters. The second kappa shape index (κ2) is 5.97. The number of hydrogen-bond donors (Lipinski definition) is 2. The van der Waals surface area contributed by atoms with Crippen molar-refractivity contribution < 1.29 is 9.47 Å². The Morgan fingerprint density at radius 1 is 0.964 bits per heavy atom. The lowest BCUT2D eigenvalue weighted by Gasteiger charge is -2.10. The van der Waals surface area contributed by atoms with Crippen LogP contribution in [0, 0.1) is 0 Å². The number of aromatic amines is 1. The monoisotopic (exact) mass is 386 g/mol. The van der Waals surface area contributed by atoms with Crippen LogP contribution >= 0.6 is 11.3 Å². The molecule has 0 fully saturated rings. The Hall–Kier alpha value is -3.58. The number of anilines is 2. The molecule has 0 spiro atoms. The van der Waals surface area contributed by atoms with Gasteiger partial charge in [-0.05, 0) is 53.9 Å². The van der Waals surface area contributed by atoms with Crippen molar-refractivity contribution >= 4 is 44.0 Å². The molecule has 0 bridgehead atoms. The summed E-state index contributed by atoms with van der Waals surface area (Å²) in [6, 6.07) is 16.0. The molecule has 0 radical (unpaired) electrons. The molecule has 136 valence electrons. The van der Waals surface area contributed by atoms with Crippen molar-refractivity contribution in [3.8, 4) is 22.9 Å². The summed E-state index contributed by atoms with van der Waals surface area (Å²) in [6.07, 6.45) is 1.94. The second-order valence-corrected chi connectivity index (χ2v) is 7.42. The Bertz CT molecular complexity index is 1340. The molecule has 0 aliphatic carbocycles. The lowest BCUT2D eigenvalue weighted by Crippen LogP contribution is -1.98. The average molecular weight is 386 g/mol. The summed E-state index contributed by atoms with van der Waals surface area (Å²) in [5.74, 6) is 2.91. The number of benzene rings is 2. The summed E-state index contributed by atoms with van der Waals surface area (Å²) in [6.45, 7) is 0.248. The molecule has 6 nitrogen and oxygen atoms in total. The van der Waals surface area contributed by atoms with E-state index < -0.39 is 0 Å². The van der Waals surface area contributed by atoms with Crippen LogP contribution in [0.15, 0.2) is 60.1 Å². The number of hydrogen-bond acceptors (Lipinski definition) is 6. The van der Waals surface area contributed by atoms with E-state index in [-0.39, 0.29) is 6.79 Å². The van der Waals surface area contributed by atoms with Crippen LogP contribution in [0.2, 0.25) is 0 Å². The third-order valence-electron chi connectivity index (χ3n) is 4.75. The summed E-state index contributed by atoms with van der Waals surface area (Å²) >= 11 is 1.62. The molecule has 2 aromatic carbocycles. The molecule has 1 aliphatic heterocycles. The van der Waals surface area contributed by atoms with Gasteiger partial charge in [-0.15, -0.1) is 11.3 Å². The molecule has 1 aliphatic rings. The molecule has 4 heterocycles. The molecular weight excluding hydrogens is 372 g/mol. The molecule has 3 aromatic heterocycles. The van der Waals surface area contributed by atoms with E-state index in [1.165, 1.54) is 0 Å². The van der Waals surface area contributed by atoms with Crippen LogP contribution in [0.25, 0.3) is 32.5 Å². The zero-order valence-corrected chi connectivity index (χ0v) is 15.4. The zero-order chi connectivity index (χ0) is 18.5. The van der Waals surface area contributed by atoms with Gasteiger partial charge in [0.15, 0.2) is 23.1 Å². The molecular formula is C21H14N4O2S.